The van der Waals surface area contributed by atoms with Gasteiger partial charge in [0.1, 0.15) is 11.6 Å². The van der Waals surface area contributed by atoms with Crippen molar-refractivity contribution in [1.82, 2.24) is 14.3 Å². The average Bonchev–Trinajstić information content (AvgIpc) is 3.09. The third-order valence-corrected chi connectivity index (χ3v) is 5.08. The zero-order valence-corrected chi connectivity index (χ0v) is 15.9. The van der Waals surface area contributed by atoms with Crippen LogP contribution in [0.5, 0.6) is 0 Å². The summed E-state index contributed by atoms with van der Waals surface area (Å²) in [6, 6.07) is 8.01. The number of hydrogen-bond acceptors (Lipinski definition) is 3. The summed E-state index contributed by atoms with van der Waals surface area (Å²) in [7, 11) is 0. The fourth-order valence-electron chi connectivity index (χ4n) is 3.64. The van der Waals surface area contributed by atoms with Crippen molar-refractivity contribution in [2.24, 2.45) is 5.92 Å². The average molecular weight is 398 g/mol. The standard InChI is InChI=1S/C21H20F2N4O2/c1-13-5-4-9-26(12-13)21(29)19-25-18(17-6-2-3-10-27(17)19)20(28)24-16-8-7-14(22)11-15(16)23/h2-3,6-8,10-11,13H,4-5,9,12H2,1H3,(H,24,28). The van der Waals surface area contributed by atoms with Gasteiger partial charge in [-0.1, -0.05) is 13.0 Å². The summed E-state index contributed by atoms with van der Waals surface area (Å²) in [4.78, 5) is 31.9. The van der Waals surface area contributed by atoms with Crippen molar-refractivity contribution in [2.75, 3.05) is 18.4 Å². The number of rotatable bonds is 3. The minimum Gasteiger partial charge on any atom is -0.336 e. The number of pyridine rings is 1. The summed E-state index contributed by atoms with van der Waals surface area (Å²) in [5, 5.41) is 2.40. The lowest BCUT2D eigenvalue weighted by molar-refractivity contribution is 0.0670. The summed E-state index contributed by atoms with van der Waals surface area (Å²) in [5.74, 6) is -2.00. The molecule has 0 saturated carbocycles. The Hall–Kier alpha value is -3.29. The van der Waals surface area contributed by atoms with Crippen LogP contribution < -0.4 is 5.32 Å². The molecule has 1 N–H and O–H groups in total. The Morgan fingerprint density at radius 2 is 2.03 bits per heavy atom. The number of nitrogens with one attached hydrogen (secondary N) is 1. The zero-order chi connectivity index (χ0) is 20.5. The lowest BCUT2D eigenvalue weighted by Gasteiger charge is -2.30. The van der Waals surface area contributed by atoms with Crippen LogP contribution in [-0.2, 0) is 0 Å². The van der Waals surface area contributed by atoms with Crippen molar-refractivity contribution in [3.8, 4) is 0 Å². The van der Waals surface area contributed by atoms with Gasteiger partial charge in [0, 0.05) is 25.4 Å². The number of fused-ring (bicyclic) bond motifs is 1. The van der Waals surface area contributed by atoms with Crippen LogP contribution in [0.15, 0.2) is 42.6 Å². The number of carbonyl (C=O) groups is 2. The molecule has 1 unspecified atom stereocenters. The molecule has 0 bridgehead atoms. The maximum Gasteiger partial charge on any atom is 0.290 e. The van der Waals surface area contributed by atoms with Crippen molar-refractivity contribution in [3.05, 3.63) is 65.7 Å². The first kappa shape index (κ1) is 19.0. The third kappa shape index (κ3) is 3.70. The second kappa shape index (κ2) is 7.62. The molecule has 0 aliphatic carbocycles. The van der Waals surface area contributed by atoms with Crippen LogP contribution in [0.3, 0.4) is 0 Å². The Balaban J connectivity index is 1.68. The van der Waals surface area contributed by atoms with Crippen molar-refractivity contribution >= 4 is 23.0 Å². The van der Waals surface area contributed by atoms with Gasteiger partial charge in [-0.2, -0.15) is 0 Å². The Morgan fingerprint density at radius 1 is 1.21 bits per heavy atom. The first-order valence-corrected chi connectivity index (χ1v) is 9.47. The molecule has 0 spiro atoms. The Kier molecular flexibility index (Phi) is 5.00. The lowest BCUT2D eigenvalue weighted by Crippen LogP contribution is -2.39. The van der Waals surface area contributed by atoms with Crippen LogP contribution in [0.25, 0.3) is 5.52 Å². The van der Waals surface area contributed by atoms with E-state index in [9.17, 15) is 18.4 Å². The molecule has 8 heteroatoms. The fourth-order valence-corrected chi connectivity index (χ4v) is 3.64. The summed E-state index contributed by atoms with van der Waals surface area (Å²) in [6.45, 7) is 3.38. The number of amides is 2. The number of carbonyl (C=O) groups excluding carboxylic acids is 2. The Morgan fingerprint density at radius 3 is 2.79 bits per heavy atom. The van der Waals surface area contributed by atoms with E-state index in [1.165, 1.54) is 0 Å². The molecule has 2 amide bonds. The van der Waals surface area contributed by atoms with Crippen LogP contribution in [-0.4, -0.2) is 39.2 Å². The molecule has 1 aromatic carbocycles. The number of aromatic nitrogens is 2. The second-order valence-corrected chi connectivity index (χ2v) is 7.32. The summed E-state index contributed by atoms with van der Waals surface area (Å²) < 4.78 is 28.6. The predicted octanol–water partition coefficient (Wildman–Crippen LogP) is 3.74. The summed E-state index contributed by atoms with van der Waals surface area (Å²) >= 11 is 0. The lowest BCUT2D eigenvalue weighted by atomic mass is 10.0. The summed E-state index contributed by atoms with van der Waals surface area (Å²) in [5.41, 5.74) is 0.273. The monoisotopic (exact) mass is 398 g/mol. The van der Waals surface area contributed by atoms with Gasteiger partial charge in [0.15, 0.2) is 5.69 Å². The molecular weight excluding hydrogens is 378 g/mol. The zero-order valence-electron chi connectivity index (χ0n) is 15.9. The molecule has 4 rings (SSSR count). The van der Waals surface area contributed by atoms with E-state index >= 15 is 0 Å². The SMILES string of the molecule is CC1CCCN(C(=O)c2nc(C(=O)Nc3ccc(F)cc3F)c3ccccn23)C1. The van der Waals surface area contributed by atoms with Gasteiger partial charge in [-0.25, -0.2) is 13.8 Å². The molecule has 1 fully saturated rings. The highest BCUT2D eigenvalue weighted by Crippen LogP contribution is 2.21. The normalized spacial score (nSPS) is 16.8. The first-order chi connectivity index (χ1) is 13.9. The molecule has 1 aliphatic rings. The van der Waals surface area contributed by atoms with Gasteiger partial charge >= 0.3 is 0 Å². The molecule has 3 aromatic rings. The van der Waals surface area contributed by atoms with E-state index in [1.54, 1.807) is 33.7 Å². The fraction of sp³-hybridized carbons (Fsp3) is 0.286. The van der Waals surface area contributed by atoms with Crippen LogP contribution >= 0.6 is 0 Å². The highest BCUT2D eigenvalue weighted by atomic mass is 19.1. The quantitative estimate of drug-likeness (QED) is 0.731. The molecule has 29 heavy (non-hydrogen) atoms. The van der Waals surface area contributed by atoms with E-state index in [4.69, 9.17) is 0 Å². The molecule has 1 saturated heterocycles. The maximum absolute atomic E-state index is 13.9. The molecular formula is C21H20F2N4O2. The molecule has 2 aromatic heterocycles. The molecule has 150 valence electrons. The minimum absolute atomic E-state index is 0.00253. The number of likely N-dealkylation sites (tertiary alicyclic amines) is 1. The number of anilines is 1. The highest BCUT2D eigenvalue weighted by molar-refractivity contribution is 6.09. The molecule has 6 nitrogen and oxygen atoms in total. The number of piperidine rings is 1. The Bertz CT molecular complexity index is 1100. The van der Waals surface area contributed by atoms with Gasteiger partial charge < -0.3 is 10.2 Å². The molecule has 1 aliphatic heterocycles. The van der Waals surface area contributed by atoms with Crippen molar-refractivity contribution in [2.45, 2.75) is 19.8 Å². The smallest absolute Gasteiger partial charge is 0.290 e. The van der Waals surface area contributed by atoms with E-state index in [-0.39, 0.29) is 23.1 Å². The second-order valence-electron chi connectivity index (χ2n) is 7.32. The first-order valence-electron chi connectivity index (χ1n) is 9.47. The number of benzene rings is 1. The van der Waals surface area contributed by atoms with Crippen LogP contribution in [0.1, 0.15) is 40.9 Å². The molecule has 3 heterocycles. The maximum atomic E-state index is 13.9. The largest absolute Gasteiger partial charge is 0.336 e. The van der Waals surface area contributed by atoms with E-state index in [0.717, 1.165) is 25.0 Å². The van der Waals surface area contributed by atoms with Crippen molar-refractivity contribution < 1.29 is 18.4 Å². The van der Waals surface area contributed by atoms with Gasteiger partial charge in [0.05, 0.1) is 11.2 Å². The van der Waals surface area contributed by atoms with Gasteiger partial charge in [0.2, 0.25) is 5.82 Å². The van der Waals surface area contributed by atoms with Gasteiger partial charge in [0.25, 0.3) is 11.8 Å². The third-order valence-electron chi connectivity index (χ3n) is 5.08. The van der Waals surface area contributed by atoms with Crippen LogP contribution in [0.4, 0.5) is 14.5 Å². The van der Waals surface area contributed by atoms with Gasteiger partial charge in [-0.3, -0.25) is 14.0 Å². The molecule has 1 atom stereocenters. The number of imidazole rings is 1. The topological polar surface area (TPSA) is 66.7 Å². The predicted molar refractivity (Wildman–Crippen MR) is 104 cm³/mol. The van der Waals surface area contributed by atoms with Crippen molar-refractivity contribution in [3.63, 3.8) is 0 Å². The van der Waals surface area contributed by atoms with Crippen LogP contribution in [0, 0.1) is 17.6 Å². The van der Waals surface area contributed by atoms with E-state index < -0.39 is 17.5 Å². The highest BCUT2D eigenvalue weighted by Gasteiger charge is 2.28. The van der Waals surface area contributed by atoms with E-state index in [2.05, 4.69) is 17.2 Å². The van der Waals surface area contributed by atoms with Gasteiger partial charge in [-0.05, 0) is 43.0 Å². The summed E-state index contributed by atoms with van der Waals surface area (Å²) in [6.07, 6.45) is 3.66. The number of hydrogen-bond donors (Lipinski definition) is 1. The van der Waals surface area contributed by atoms with Crippen LogP contribution in [0.2, 0.25) is 0 Å². The van der Waals surface area contributed by atoms with E-state index in [1.807, 2.05) is 0 Å². The van der Waals surface area contributed by atoms with Crippen molar-refractivity contribution in [1.29, 1.82) is 0 Å². The number of nitrogens with zero attached hydrogens (tertiary/aromatic N) is 3. The minimum atomic E-state index is -0.888. The number of halogens is 2. The molecule has 0 radical (unpaired) electrons. The van der Waals surface area contributed by atoms with E-state index in [0.29, 0.717) is 30.6 Å². The Labute approximate surface area is 166 Å². The van der Waals surface area contributed by atoms with Gasteiger partial charge in [-0.15, -0.1) is 0 Å².